The van der Waals surface area contributed by atoms with Crippen LogP contribution in [0.2, 0.25) is 0 Å². The molecule has 0 aromatic heterocycles. The maximum atomic E-state index is 13.1. The highest BCUT2D eigenvalue weighted by Crippen LogP contribution is 2.14. The molecule has 0 heterocycles. The number of likely N-dealkylation sites (N-methyl/N-ethyl adjacent to an activating group) is 1. The summed E-state index contributed by atoms with van der Waals surface area (Å²) >= 11 is 0. The third-order valence-electron chi connectivity index (χ3n) is 3.72. The molecule has 7 heteroatoms. The Hall–Kier alpha value is -2.96. The number of carbonyl (C=O) groups is 2. The largest absolute Gasteiger partial charge is 0.452 e. The van der Waals surface area contributed by atoms with Gasteiger partial charge in [-0.15, -0.1) is 0 Å². The Kier molecular flexibility index (Phi) is 6.27. The van der Waals surface area contributed by atoms with Gasteiger partial charge >= 0.3 is 5.97 Å². The zero-order chi connectivity index (χ0) is 19.3. The maximum Gasteiger partial charge on any atom is 0.338 e. The number of hydrogen-bond acceptors (Lipinski definition) is 4. The summed E-state index contributed by atoms with van der Waals surface area (Å²) in [5.74, 6) is -3.16. The smallest absolute Gasteiger partial charge is 0.338 e. The fourth-order valence-electron chi connectivity index (χ4n) is 2.25. The van der Waals surface area contributed by atoms with Crippen LogP contribution in [0.4, 0.5) is 14.5 Å². The molecule has 138 valence electrons. The maximum absolute atomic E-state index is 13.1. The van der Waals surface area contributed by atoms with E-state index in [1.807, 2.05) is 43.3 Å². The minimum atomic E-state index is -0.958. The van der Waals surface area contributed by atoms with Crippen molar-refractivity contribution in [1.29, 1.82) is 0 Å². The number of esters is 1. The van der Waals surface area contributed by atoms with Gasteiger partial charge in [0, 0.05) is 39.4 Å². The molecule has 2 aromatic rings. The third-order valence-corrected chi connectivity index (χ3v) is 3.72. The Morgan fingerprint density at radius 3 is 2.08 bits per heavy atom. The van der Waals surface area contributed by atoms with Crippen LogP contribution in [-0.2, 0) is 16.1 Å². The number of carbonyl (C=O) groups excluding carboxylic acids is 2. The Balaban J connectivity index is 1.89. The van der Waals surface area contributed by atoms with Crippen molar-refractivity contribution >= 4 is 17.6 Å². The Morgan fingerprint density at radius 1 is 0.962 bits per heavy atom. The van der Waals surface area contributed by atoms with Crippen molar-refractivity contribution in [2.24, 2.45) is 0 Å². The molecular formula is C19H20F2N2O3. The zero-order valence-electron chi connectivity index (χ0n) is 14.8. The first-order chi connectivity index (χ1) is 12.3. The van der Waals surface area contributed by atoms with Crippen LogP contribution in [0, 0.1) is 11.6 Å². The molecule has 5 nitrogen and oxygen atoms in total. The van der Waals surface area contributed by atoms with Crippen LogP contribution in [0.5, 0.6) is 0 Å². The molecule has 0 atom stereocenters. The van der Waals surface area contributed by atoms with Crippen LogP contribution in [0.3, 0.4) is 0 Å². The normalized spacial score (nSPS) is 10.3. The second-order valence-corrected chi connectivity index (χ2v) is 6.04. The van der Waals surface area contributed by atoms with E-state index in [1.165, 1.54) is 4.90 Å². The lowest BCUT2D eigenvalue weighted by molar-refractivity contribution is -0.133. The van der Waals surface area contributed by atoms with Crippen LogP contribution in [-0.4, -0.2) is 44.5 Å². The van der Waals surface area contributed by atoms with E-state index in [2.05, 4.69) is 0 Å². The Labute approximate surface area is 150 Å². The average Bonchev–Trinajstić information content (AvgIpc) is 2.58. The summed E-state index contributed by atoms with van der Waals surface area (Å²) in [5, 5.41) is 0. The molecule has 0 aliphatic carbocycles. The second-order valence-electron chi connectivity index (χ2n) is 6.04. The Bertz CT molecular complexity index is 772. The minimum Gasteiger partial charge on any atom is -0.452 e. The fraction of sp³-hybridized carbons (Fsp3) is 0.263. The molecule has 0 saturated carbocycles. The summed E-state index contributed by atoms with van der Waals surface area (Å²) in [7, 11) is 5.45. The number of rotatable bonds is 6. The SMILES string of the molecule is CN(Cc1ccc(N(C)C)cc1)C(=O)COC(=O)c1cc(F)cc(F)c1. The lowest BCUT2D eigenvalue weighted by atomic mass is 10.2. The van der Waals surface area contributed by atoms with Gasteiger partial charge in [0.15, 0.2) is 6.61 Å². The molecule has 0 bridgehead atoms. The first-order valence-corrected chi connectivity index (χ1v) is 7.89. The van der Waals surface area contributed by atoms with Crippen LogP contribution < -0.4 is 4.90 Å². The van der Waals surface area contributed by atoms with Crippen LogP contribution >= 0.6 is 0 Å². The van der Waals surface area contributed by atoms with Crippen molar-refractivity contribution in [1.82, 2.24) is 4.90 Å². The van der Waals surface area contributed by atoms with Gasteiger partial charge < -0.3 is 14.5 Å². The zero-order valence-corrected chi connectivity index (χ0v) is 14.8. The molecule has 0 unspecified atom stereocenters. The fourth-order valence-corrected chi connectivity index (χ4v) is 2.25. The van der Waals surface area contributed by atoms with E-state index >= 15 is 0 Å². The third kappa shape index (κ3) is 5.27. The van der Waals surface area contributed by atoms with Gasteiger partial charge in [-0.05, 0) is 29.8 Å². The highest BCUT2D eigenvalue weighted by Gasteiger charge is 2.15. The number of hydrogen-bond donors (Lipinski definition) is 0. The second kappa shape index (κ2) is 8.42. The molecule has 0 fully saturated rings. The summed E-state index contributed by atoms with van der Waals surface area (Å²) in [6, 6.07) is 10.0. The van der Waals surface area contributed by atoms with E-state index in [4.69, 9.17) is 4.74 Å². The molecule has 0 aliphatic rings. The summed E-state index contributed by atoms with van der Waals surface area (Å²) < 4.78 is 31.1. The van der Waals surface area contributed by atoms with E-state index < -0.39 is 30.1 Å². The first-order valence-electron chi connectivity index (χ1n) is 7.89. The van der Waals surface area contributed by atoms with Gasteiger partial charge in [0.1, 0.15) is 11.6 Å². The van der Waals surface area contributed by atoms with E-state index in [1.54, 1.807) is 7.05 Å². The van der Waals surface area contributed by atoms with Gasteiger partial charge in [0.25, 0.3) is 5.91 Å². The number of ether oxygens (including phenoxy) is 1. The average molecular weight is 362 g/mol. The van der Waals surface area contributed by atoms with Gasteiger partial charge in [-0.2, -0.15) is 0 Å². The highest BCUT2D eigenvalue weighted by atomic mass is 19.1. The van der Waals surface area contributed by atoms with Crippen LogP contribution in [0.1, 0.15) is 15.9 Å². The molecule has 2 aromatic carbocycles. The highest BCUT2D eigenvalue weighted by molar-refractivity contribution is 5.91. The lowest BCUT2D eigenvalue weighted by Gasteiger charge is -2.18. The molecule has 0 radical (unpaired) electrons. The monoisotopic (exact) mass is 362 g/mol. The summed E-state index contributed by atoms with van der Waals surface area (Å²) in [5.41, 5.74) is 1.68. The van der Waals surface area contributed by atoms with Crippen molar-refractivity contribution in [3.8, 4) is 0 Å². The van der Waals surface area contributed by atoms with Gasteiger partial charge in [0.05, 0.1) is 5.56 Å². The number of benzene rings is 2. The lowest BCUT2D eigenvalue weighted by Crippen LogP contribution is -2.30. The molecule has 26 heavy (non-hydrogen) atoms. The quantitative estimate of drug-likeness (QED) is 0.742. The van der Waals surface area contributed by atoms with E-state index in [9.17, 15) is 18.4 Å². The number of anilines is 1. The van der Waals surface area contributed by atoms with Gasteiger partial charge in [-0.1, -0.05) is 12.1 Å². The predicted molar refractivity (Wildman–Crippen MR) is 93.9 cm³/mol. The van der Waals surface area contributed by atoms with Gasteiger partial charge in [0.2, 0.25) is 0 Å². The molecule has 0 aliphatic heterocycles. The minimum absolute atomic E-state index is 0.280. The summed E-state index contributed by atoms with van der Waals surface area (Å²) in [4.78, 5) is 27.3. The van der Waals surface area contributed by atoms with Crippen molar-refractivity contribution in [3.63, 3.8) is 0 Å². The molecule has 0 N–H and O–H groups in total. The molecule has 0 saturated heterocycles. The number of nitrogens with zero attached hydrogens (tertiary/aromatic N) is 2. The van der Waals surface area contributed by atoms with Crippen LogP contribution in [0.15, 0.2) is 42.5 Å². The van der Waals surface area contributed by atoms with Crippen molar-refractivity contribution in [2.75, 3.05) is 32.6 Å². The summed E-state index contributed by atoms with van der Waals surface area (Å²) in [6.45, 7) is -0.165. The van der Waals surface area contributed by atoms with E-state index in [0.717, 1.165) is 23.4 Å². The van der Waals surface area contributed by atoms with Gasteiger partial charge in [-0.25, -0.2) is 13.6 Å². The summed E-state index contributed by atoms with van der Waals surface area (Å²) in [6.07, 6.45) is 0. The number of halogens is 2. The van der Waals surface area contributed by atoms with Crippen LogP contribution in [0.25, 0.3) is 0 Å². The Morgan fingerprint density at radius 2 is 1.54 bits per heavy atom. The van der Waals surface area contributed by atoms with Crippen molar-refractivity contribution in [2.45, 2.75) is 6.54 Å². The first kappa shape index (κ1) is 19.4. The van der Waals surface area contributed by atoms with Crippen molar-refractivity contribution < 1.29 is 23.1 Å². The molecule has 0 spiro atoms. The number of amides is 1. The standard InChI is InChI=1S/C19H20F2N2O3/c1-22(2)17-6-4-13(5-7-17)11-23(3)18(24)12-26-19(25)14-8-15(20)10-16(21)9-14/h4-10H,11-12H2,1-3H3. The van der Waals surface area contributed by atoms with E-state index in [-0.39, 0.29) is 5.56 Å². The molecule has 1 amide bonds. The molecular weight excluding hydrogens is 342 g/mol. The van der Waals surface area contributed by atoms with Crippen molar-refractivity contribution in [3.05, 3.63) is 65.2 Å². The predicted octanol–water partition coefficient (Wildman–Crippen LogP) is 2.85. The van der Waals surface area contributed by atoms with Gasteiger partial charge in [-0.3, -0.25) is 4.79 Å². The van der Waals surface area contributed by atoms with E-state index in [0.29, 0.717) is 12.6 Å². The molecule has 2 rings (SSSR count). The topological polar surface area (TPSA) is 49.9 Å².